The quantitative estimate of drug-likeness (QED) is 0.614. The number of hydrogen-bond donors (Lipinski definition) is 1. The lowest BCUT2D eigenvalue weighted by Gasteiger charge is -2.31. The molecule has 1 N–H and O–H groups in total. The second-order valence-corrected chi connectivity index (χ2v) is 7.44. The third kappa shape index (κ3) is 4.11. The number of nitrogens with one attached hydrogen (secondary N) is 1. The first kappa shape index (κ1) is 17.9. The zero-order valence-electron chi connectivity index (χ0n) is 15.5. The van der Waals surface area contributed by atoms with Crippen LogP contribution in [0.25, 0.3) is 10.9 Å². The lowest BCUT2D eigenvalue weighted by molar-refractivity contribution is 0.0972. The van der Waals surface area contributed by atoms with Gasteiger partial charge in [-0.05, 0) is 80.7 Å². The van der Waals surface area contributed by atoms with Crippen molar-refractivity contribution in [2.45, 2.75) is 31.6 Å². The number of Topliss-reactive ketones (excluding diaryl/α,β-unsaturated/α-hetero) is 1. The molecule has 0 spiro atoms. The van der Waals surface area contributed by atoms with E-state index in [4.69, 9.17) is 0 Å². The number of hydrogen-bond acceptors (Lipinski definition) is 2. The molecule has 0 bridgehead atoms. The number of nitrogens with zero attached hydrogens (tertiary/aromatic N) is 1. The molecule has 0 unspecified atom stereocenters. The molecule has 1 saturated heterocycles. The third-order valence-corrected chi connectivity index (χ3v) is 5.69. The van der Waals surface area contributed by atoms with Gasteiger partial charge in [0.2, 0.25) is 0 Å². The Balaban J connectivity index is 1.25. The average molecular weight is 364 g/mol. The SMILES string of the molecule is O=C(CCCN1CCC(c2c[nH]c3ccccc23)CC1)c1ccc(F)cc1. The molecular weight excluding hydrogens is 339 g/mol. The van der Waals surface area contributed by atoms with Gasteiger partial charge in [0, 0.05) is 29.1 Å². The minimum absolute atomic E-state index is 0.101. The van der Waals surface area contributed by atoms with Crippen LogP contribution in [0.1, 0.15) is 47.5 Å². The summed E-state index contributed by atoms with van der Waals surface area (Å²) in [6, 6.07) is 14.4. The van der Waals surface area contributed by atoms with E-state index in [1.54, 1.807) is 12.1 Å². The summed E-state index contributed by atoms with van der Waals surface area (Å²) in [6.07, 6.45) is 5.87. The normalized spacial score (nSPS) is 16.0. The zero-order chi connectivity index (χ0) is 18.6. The number of fused-ring (bicyclic) bond motifs is 1. The van der Waals surface area contributed by atoms with Crippen LogP contribution in [-0.2, 0) is 0 Å². The summed E-state index contributed by atoms with van der Waals surface area (Å²) in [5.41, 5.74) is 3.26. The molecule has 0 amide bonds. The van der Waals surface area contributed by atoms with Crippen LogP contribution in [0, 0.1) is 5.82 Å². The molecule has 0 atom stereocenters. The van der Waals surface area contributed by atoms with Crippen LogP contribution in [0.3, 0.4) is 0 Å². The molecule has 4 rings (SSSR count). The Bertz CT molecular complexity index is 908. The highest BCUT2D eigenvalue weighted by atomic mass is 19.1. The van der Waals surface area contributed by atoms with Crippen molar-refractivity contribution in [2.75, 3.05) is 19.6 Å². The summed E-state index contributed by atoms with van der Waals surface area (Å²) < 4.78 is 12.9. The lowest BCUT2D eigenvalue weighted by Crippen LogP contribution is -2.33. The van der Waals surface area contributed by atoms with Gasteiger partial charge in [0.25, 0.3) is 0 Å². The fourth-order valence-electron chi connectivity index (χ4n) is 4.14. The molecule has 0 saturated carbocycles. The number of halogens is 1. The van der Waals surface area contributed by atoms with E-state index < -0.39 is 0 Å². The molecule has 1 aromatic heterocycles. The largest absolute Gasteiger partial charge is 0.361 e. The van der Waals surface area contributed by atoms with E-state index in [0.29, 0.717) is 17.9 Å². The Morgan fingerprint density at radius 3 is 2.59 bits per heavy atom. The lowest BCUT2D eigenvalue weighted by atomic mass is 9.89. The molecule has 0 aliphatic carbocycles. The number of H-pyrrole nitrogens is 1. The van der Waals surface area contributed by atoms with E-state index in [2.05, 4.69) is 40.3 Å². The number of likely N-dealkylation sites (tertiary alicyclic amines) is 1. The van der Waals surface area contributed by atoms with Gasteiger partial charge >= 0.3 is 0 Å². The Morgan fingerprint density at radius 2 is 1.81 bits per heavy atom. The molecule has 27 heavy (non-hydrogen) atoms. The van der Waals surface area contributed by atoms with Crippen LogP contribution >= 0.6 is 0 Å². The molecule has 0 radical (unpaired) electrons. The maximum absolute atomic E-state index is 12.9. The number of ketones is 1. The van der Waals surface area contributed by atoms with E-state index in [9.17, 15) is 9.18 Å². The Kier molecular flexibility index (Phi) is 5.35. The maximum Gasteiger partial charge on any atom is 0.162 e. The minimum atomic E-state index is -0.301. The fraction of sp³-hybridized carbons (Fsp3) is 0.348. The highest BCUT2D eigenvalue weighted by Crippen LogP contribution is 2.33. The zero-order valence-corrected chi connectivity index (χ0v) is 15.5. The predicted octanol–water partition coefficient (Wildman–Crippen LogP) is 5.15. The average Bonchev–Trinajstić information content (AvgIpc) is 3.13. The van der Waals surface area contributed by atoms with Crippen molar-refractivity contribution in [1.82, 2.24) is 9.88 Å². The smallest absolute Gasteiger partial charge is 0.162 e. The molecule has 1 fully saturated rings. The third-order valence-electron chi connectivity index (χ3n) is 5.69. The molecule has 3 nitrogen and oxygen atoms in total. The van der Waals surface area contributed by atoms with Crippen molar-refractivity contribution in [1.29, 1.82) is 0 Å². The molecule has 2 heterocycles. The van der Waals surface area contributed by atoms with Crippen molar-refractivity contribution >= 4 is 16.7 Å². The Hall–Kier alpha value is -2.46. The van der Waals surface area contributed by atoms with Gasteiger partial charge in [-0.2, -0.15) is 0 Å². The molecule has 3 aromatic rings. The van der Waals surface area contributed by atoms with Crippen LogP contribution in [0.2, 0.25) is 0 Å². The minimum Gasteiger partial charge on any atom is -0.361 e. The standard InChI is InChI=1S/C23H25FN2O/c24-19-9-7-18(8-10-19)23(27)6-3-13-26-14-11-17(12-15-26)21-16-25-22-5-2-1-4-20(21)22/h1-2,4-5,7-10,16-17,25H,3,6,11-15H2. The first-order valence-corrected chi connectivity index (χ1v) is 9.78. The van der Waals surface area contributed by atoms with Crippen molar-refractivity contribution in [3.63, 3.8) is 0 Å². The molecule has 2 aromatic carbocycles. The first-order valence-electron chi connectivity index (χ1n) is 9.78. The molecule has 4 heteroatoms. The van der Waals surface area contributed by atoms with Crippen LogP contribution < -0.4 is 0 Å². The van der Waals surface area contributed by atoms with Gasteiger partial charge in [-0.3, -0.25) is 4.79 Å². The molecule has 1 aliphatic heterocycles. The van der Waals surface area contributed by atoms with Gasteiger partial charge in [0.1, 0.15) is 5.82 Å². The van der Waals surface area contributed by atoms with E-state index in [0.717, 1.165) is 38.9 Å². The number of piperidine rings is 1. The van der Waals surface area contributed by atoms with Crippen LogP contribution in [0.4, 0.5) is 4.39 Å². The van der Waals surface area contributed by atoms with Crippen LogP contribution in [-0.4, -0.2) is 35.3 Å². The second kappa shape index (κ2) is 8.05. The molecular formula is C23H25FN2O. The monoisotopic (exact) mass is 364 g/mol. The van der Waals surface area contributed by atoms with Gasteiger partial charge in [-0.15, -0.1) is 0 Å². The summed E-state index contributed by atoms with van der Waals surface area (Å²) in [7, 11) is 0. The number of benzene rings is 2. The van der Waals surface area contributed by atoms with E-state index >= 15 is 0 Å². The van der Waals surface area contributed by atoms with E-state index in [1.807, 2.05) is 0 Å². The fourth-order valence-corrected chi connectivity index (χ4v) is 4.14. The molecule has 140 valence electrons. The summed E-state index contributed by atoms with van der Waals surface area (Å²) in [5.74, 6) is 0.409. The Morgan fingerprint density at radius 1 is 1.07 bits per heavy atom. The van der Waals surface area contributed by atoms with Crippen LogP contribution in [0.15, 0.2) is 54.7 Å². The maximum atomic E-state index is 12.9. The highest BCUT2D eigenvalue weighted by molar-refractivity contribution is 5.95. The number of carbonyl (C=O) groups is 1. The number of aromatic nitrogens is 1. The van der Waals surface area contributed by atoms with Crippen molar-refractivity contribution in [2.24, 2.45) is 0 Å². The Labute approximate surface area is 159 Å². The predicted molar refractivity (Wildman–Crippen MR) is 107 cm³/mol. The second-order valence-electron chi connectivity index (χ2n) is 7.44. The number of aromatic amines is 1. The van der Waals surface area contributed by atoms with Crippen molar-refractivity contribution in [3.05, 3.63) is 71.7 Å². The summed E-state index contributed by atoms with van der Waals surface area (Å²) in [5, 5.41) is 1.35. The summed E-state index contributed by atoms with van der Waals surface area (Å²) in [4.78, 5) is 18.0. The van der Waals surface area contributed by atoms with E-state index in [-0.39, 0.29) is 11.6 Å². The number of para-hydroxylation sites is 1. The number of carbonyl (C=O) groups excluding carboxylic acids is 1. The van der Waals surface area contributed by atoms with Crippen LogP contribution in [0.5, 0.6) is 0 Å². The van der Waals surface area contributed by atoms with Gasteiger partial charge in [0.05, 0.1) is 0 Å². The number of rotatable bonds is 6. The summed E-state index contributed by atoms with van der Waals surface area (Å²) >= 11 is 0. The van der Waals surface area contributed by atoms with Gasteiger partial charge in [-0.25, -0.2) is 4.39 Å². The van der Waals surface area contributed by atoms with Gasteiger partial charge in [0.15, 0.2) is 5.78 Å². The van der Waals surface area contributed by atoms with Gasteiger partial charge < -0.3 is 9.88 Å². The van der Waals surface area contributed by atoms with E-state index in [1.165, 1.54) is 28.6 Å². The van der Waals surface area contributed by atoms with Crippen molar-refractivity contribution < 1.29 is 9.18 Å². The topological polar surface area (TPSA) is 36.1 Å². The van der Waals surface area contributed by atoms with Gasteiger partial charge in [-0.1, -0.05) is 18.2 Å². The van der Waals surface area contributed by atoms with Crippen molar-refractivity contribution in [3.8, 4) is 0 Å². The molecule has 1 aliphatic rings. The summed E-state index contributed by atoms with van der Waals surface area (Å²) in [6.45, 7) is 3.11. The first-order chi connectivity index (χ1) is 13.2. The highest BCUT2D eigenvalue weighted by Gasteiger charge is 2.22.